The molecule has 0 fully saturated rings. The van der Waals surface area contributed by atoms with Crippen LogP contribution in [0.15, 0.2) is 42.5 Å². The van der Waals surface area contributed by atoms with Crippen LogP contribution in [0, 0.1) is 19.7 Å². The van der Waals surface area contributed by atoms with E-state index >= 15 is 0 Å². The van der Waals surface area contributed by atoms with E-state index in [1.165, 1.54) is 29.8 Å². The number of sulfonamides is 1. The Morgan fingerprint density at radius 1 is 1.03 bits per heavy atom. The van der Waals surface area contributed by atoms with Gasteiger partial charge in [0.25, 0.3) is 0 Å². The standard InChI is InChI=1S/C22H29FN2O3S/c1-6-20(17-9-8-15(3)16(4)14-17)24-22(26)21(7-2)25(29(5,27)28)19-12-10-18(23)11-13-19/h8-14,20-21H,6-7H2,1-5H3,(H,24,26)/t20-,21+/m1/s1. The van der Waals surface area contributed by atoms with E-state index in [4.69, 9.17) is 0 Å². The third-order valence-corrected chi connectivity index (χ3v) is 6.25. The fourth-order valence-electron chi connectivity index (χ4n) is 3.32. The molecular formula is C22H29FN2O3S. The Bertz CT molecular complexity index is 959. The molecule has 7 heteroatoms. The molecule has 0 unspecified atom stereocenters. The summed E-state index contributed by atoms with van der Waals surface area (Å²) in [4.78, 5) is 13.1. The maximum Gasteiger partial charge on any atom is 0.244 e. The Hall–Kier alpha value is -2.41. The summed E-state index contributed by atoms with van der Waals surface area (Å²) in [5.41, 5.74) is 3.54. The zero-order valence-corrected chi connectivity index (χ0v) is 18.4. The van der Waals surface area contributed by atoms with E-state index in [9.17, 15) is 17.6 Å². The fourth-order valence-corrected chi connectivity index (χ4v) is 4.53. The lowest BCUT2D eigenvalue weighted by Crippen LogP contribution is -2.50. The molecule has 2 aromatic carbocycles. The van der Waals surface area contributed by atoms with E-state index in [2.05, 4.69) is 5.32 Å². The van der Waals surface area contributed by atoms with Gasteiger partial charge in [-0.25, -0.2) is 12.8 Å². The number of hydrogen-bond acceptors (Lipinski definition) is 3. The molecule has 29 heavy (non-hydrogen) atoms. The van der Waals surface area contributed by atoms with Gasteiger partial charge in [-0.1, -0.05) is 32.0 Å². The van der Waals surface area contributed by atoms with Crippen molar-refractivity contribution in [3.63, 3.8) is 0 Å². The summed E-state index contributed by atoms with van der Waals surface area (Å²) in [5.74, 6) is -0.854. The summed E-state index contributed by atoms with van der Waals surface area (Å²) < 4.78 is 39.3. The molecule has 1 amide bonds. The third kappa shape index (κ3) is 5.56. The van der Waals surface area contributed by atoms with E-state index in [1.54, 1.807) is 6.92 Å². The van der Waals surface area contributed by atoms with Gasteiger partial charge in [0.2, 0.25) is 15.9 Å². The molecule has 0 aliphatic carbocycles. The van der Waals surface area contributed by atoms with Crippen molar-refractivity contribution in [2.45, 2.75) is 52.6 Å². The first-order chi connectivity index (χ1) is 13.6. The number of carbonyl (C=O) groups is 1. The molecule has 158 valence electrons. The van der Waals surface area contributed by atoms with E-state index < -0.39 is 21.9 Å². The molecule has 0 radical (unpaired) electrons. The minimum absolute atomic E-state index is 0.231. The van der Waals surface area contributed by atoms with Crippen molar-refractivity contribution in [1.29, 1.82) is 0 Å². The molecule has 2 atom stereocenters. The maximum atomic E-state index is 13.3. The largest absolute Gasteiger partial charge is 0.347 e. The van der Waals surface area contributed by atoms with Gasteiger partial charge in [-0.3, -0.25) is 9.10 Å². The summed E-state index contributed by atoms with van der Waals surface area (Å²) in [7, 11) is -3.76. The van der Waals surface area contributed by atoms with Gasteiger partial charge in [0.1, 0.15) is 11.9 Å². The van der Waals surface area contributed by atoms with Gasteiger partial charge in [0.05, 0.1) is 18.0 Å². The Balaban J connectivity index is 2.34. The van der Waals surface area contributed by atoms with E-state index in [1.807, 2.05) is 39.0 Å². The van der Waals surface area contributed by atoms with Crippen LogP contribution in [-0.4, -0.2) is 26.6 Å². The van der Waals surface area contributed by atoms with Gasteiger partial charge >= 0.3 is 0 Å². The topological polar surface area (TPSA) is 66.5 Å². The monoisotopic (exact) mass is 420 g/mol. The second-order valence-corrected chi connectivity index (χ2v) is 9.13. The van der Waals surface area contributed by atoms with Crippen molar-refractivity contribution in [1.82, 2.24) is 5.32 Å². The van der Waals surface area contributed by atoms with E-state index in [-0.39, 0.29) is 24.1 Å². The van der Waals surface area contributed by atoms with Crippen molar-refractivity contribution in [3.8, 4) is 0 Å². The predicted octanol–water partition coefficient (Wildman–Crippen LogP) is 4.25. The van der Waals surface area contributed by atoms with Crippen LogP contribution in [0.3, 0.4) is 0 Å². The highest BCUT2D eigenvalue weighted by Gasteiger charge is 2.32. The number of nitrogens with zero attached hydrogens (tertiary/aromatic N) is 1. The third-order valence-electron chi connectivity index (χ3n) is 5.07. The number of aryl methyl sites for hydroxylation is 2. The molecule has 1 N–H and O–H groups in total. The molecule has 0 aliphatic heterocycles. The van der Waals surface area contributed by atoms with Gasteiger partial charge in [-0.15, -0.1) is 0 Å². The van der Waals surface area contributed by atoms with Gasteiger partial charge in [-0.05, 0) is 67.6 Å². The molecule has 2 rings (SSSR count). The number of carbonyl (C=O) groups excluding carboxylic acids is 1. The molecule has 0 spiro atoms. The first-order valence-corrected chi connectivity index (χ1v) is 11.6. The minimum atomic E-state index is -3.76. The van der Waals surface area contributed by atoms with Crippen LogP contribution in [0.4, 0.5) is 10.1 Å². The SMILES string of the molecule is CC[C@@H](NC(=O)[C@H](CC)N(c1ccc(F)cc1)S(C)(=O)=O)c1ccc(C)c(C)c1. The number of halogens is 1. The Labute approximate surface area is 173 Å². The zero-order chi connectivity index (χ0) is 21.8. The summed E-state index contributed by atoms with van der Waals surface area (Å²) in [6, 6.07) is 9.97. The molecule has 0 heterocycles. The smallest absolute Gasteiger partial charge is 0.244 e. The van der Waals surface area contributed by atoms with Crippen LogP contribution in [0.25, 0.3) is 0 Å². The quantitative estimate of drug-likeness (QED) is 0.694. The average Bonchev–Trinajstić information content (AvgIpc) is 2.66. The highest BCUT2D eigenvalue weighted by atomic mass is 32.2. The van der Waals surface area contributed by atoms with E-state index in [0.717, 1.165) is 21.7 Å². The zero-order valence-electron chi connectivity index (χ0n) is 17.6. The summed E-state index contributed by atoms with van der Waals surface area (Å²) >= 11 is 0. The van der Waals surface area contributed by atoms with Crippen molar-refractivity contribution >= 4 is 21.6 Å². The van der Waals surface area contributed by atoms with Crippen LogP contribution in [0.1, 0.15) is 49.4 Å². The molecule has 2 aromatic rings. The second kappa shape index (κ2) is 9.39. The maximum absolute atomic E-state index is 13.3. The predicted molar refractivity (Wildman–Crippen MR) is 115 cm³/mol. The van der Waals surface area contributed by atoms with Gasteiger partial charge < -0.3 is 5.32 Å². The van der Waals surface area contributed by atoms with Crippen LogP contribution >= 0.6 is 0 Å². The molecule has 0 saturated carbocycles. The van der Waals surface area contributed by atoms with Crippen LogP contribution in [-0.2, 0) is 14.8 Å². The lowest BCUT2D eigenvalue weighted by molar-refractivity contribution is -0.123. The van der Waals surface area contributed by atoms with E-state index in [0.29, 0.717) is 6.42 Å². The first-order valence-electron chi connectivity index (χ1n) is 9.71. The van der Waals surface area contributed by atoms with Crippen LogP contribution in [0.2, 0.25) is 0 Å². The van der Waals surface area contributed by atoms with Crippen molar-refractivity contribution in [2.24, 2.45) is 0 Å². The number of hydrogen-bond donors (Lipinski definition) is 1. The Morgan fingerprint density at radius 3 is 2.14 bits per heavy atom. The normalized spacial score (nSPS) is 13.6. The fraction of sp³-hybridized carbons (Fsp3) is 0.409. The number of benzene rings is 2. The van der Waals surface area contributed by atoms with Gasteiger partial charge in [0.15, 0.2) is 0 Å². The van der Waals surface area contributed by atoms with Crippen LogP contribution < -0.4 is 9.62 Å². The van der Waals surface area contributed by atoms with Crippen LogP contribution in [0.5, 0.6) is 0 Å². The molecule has 0 bridgehead atoms. The number of nitrogens with one attached hydrogen (secondary N) is 1. The second-order valence-electron chi connectivity index (χ2n) is 7.27. The van der Waals surface area contributed by atoms with Crippen molar-refractivity contribution < 1.29 is 17.6 Å². The van der Waals surface area contributed by atoms with Gasteiger partial charge in [-0.2, -0.15) is 0 Å². The number of anilines is 1. The average molecular weight is 421 g/mol. The summed E-state index contributed by atoms with van der Waals surface area (Å²) in [5, 5.41) is 3.00. The summed E-state index contributed by atoms with van der Waals surface area (Å²) in [6.07, 6.45) is 1.99. The molecule has 0 saturated heterocycles. The Morgan fingerprint density at radius 2 is 1.66 bits per heavy atom. The minimum Gasteiger partial charge on any atom is -0.347 e. The molecule has 0 aromatic heterocycles. The van der Waals surface area contributed by atoms with Crippen molar-refractivity contribution in [2.75, 3.05) is 10.6 Å². The van der Waals surface area contributed by atoms with Crippen molar-refractivity contribution in [3.05, 3.63) is 65.0 Å². The Kier molecular flexibility index (Phi) is 7.41. The lowest BCUT2D eigenvalue weighted by Gasteiger charge is -2.31. The molecular weight excluding hydrogens is 391 g/mol. The number of amides is 1. The highest BCUT2D eigenvalue weighted by Crippen LogP contribution is 2.25. The molecule has 0 aliphatic rings. The van der Waals surface area contributed by atoms with Gasteiger partial charge in [0, 0.05) is 0 Å². The summed E-state index contributed by atoms with van der Waals surface area (Å²) in [6.45, 7) is 7.76. The number of rotatable bonds is 8. The molecule has 5 nitrogen and oxygen atoms in total. The lowest BCUT2D eigenvalue weighted by atomic mass is 9.99. The first kappa shape index (κ1) is 22.9. The highest BCUT2D eigenvalue weighted by molar-refractivity contribution is 7.92.